The van der Waals surface area contributed by atoms with E-state index in [1.54, 1.807) is 12.1 Å². The van der Waals surface area contributed by atoms with Gasteiger partial charge in [-0.25, -0.2) is 4.39 Å². The Labute approximate surface area is 111 Å². The quantitative estimate of drug-likeness (QED) is 0.908. The van der Waals surface area contributed by atoms with Gasteiger partial charge in [-0.1, -0.05) is 23.7 Å². The average Bonchev–Trinajstić information content (AvgIpc) is 2.41. The highest BCUT2D eigenvalue weighted by atomic mass is 35.5. The summed E-state index contributed by atoms with van der Waals surface area (Å²) >= 11 is 6.00. The van der Waals surface area contributed by atoms with Crippen LogP contribution in [0.4, 0.5) is 8.78 Å². The lowest BCUT2D eigenvalue weighted by Crippen LogP contribution is -2.45. The molecule has 1 atom stereocenters. The van der Waals surface area contributed by atoms with E-state index >= 15 is 0 Å². The van der Waals surface area contributed by atoms with E-state index in [2.05, 4.69) is 10.2 Å². The molecule has 0 amide bonds. The summed E-state index contributed by atoms with van der Waals surface area (Å²) in [5, 5.41) is 3.37. The van der Waals surface area contributed by atoms with Crippen molar-refractivity contribution in [3.8, 4) is 0 Å². The molecule has 0 aromatic heterocycles. The van der Waals surface area contributed by atoms with Crippen LogP contribution in [0.2, 0.25) is 5.02 Å². The maximum absolute atomic E-state index is 13.5. The number of benzene rings is 1. The van der Waals surface area contributed by atoms with E-state index < -0.39 is 12.5 Å². The Balaban J connectivity index is 2.25. The lowest BCUT2D eigenvalue weighted by molar-refractivity contribution is 0.157. The fraction of sp³-hybridized carbons (Fsp3) is 0.538. The van der Waals surface area contributed by atoms with Crippen LogP contribution in [0, 0.1) is 5.82 Å². The summed E-state index contributed by atoms with van der Waals surface area (Å²) < 4.78 is 26.2. The Kier molecular flexibility index (Phi) is 4.92. The minimum absolute atomic E-state index is 0.120. The Morgan fingerprint density at radius 2 is 2.06 bits per heavy atom. The molecule has 0 spiro atoms. The molecule has 1 fully saturated rings. The Bertz CT molecular complexity index is 395. The highest BCUT2D eigenvalue weighted by molar-refractivity contribution is 6.31. The van der Waals surface area contributed by atoms with Crippen LogP contribution in [0.3, 0.4) is 0 Å². The third kappa shape index (κ3) is 2.99. The van der Waals surface area contributed by atoms with E-state index in [4.69, 9.17) is 11.6 Å². The van der Waals surface area contributed by atoms with Crippen molar-refractivity contribution in [2.24, 2.45) is 0 Å². The van der Waals surface area contributed by atoms with Gasteiger partial charge in [-0.3, -0.25) is 9.29 Å². The molecular formula is C13H17ClF2N2. The normalized spacial score (nSPS) is 18.8. The summed E-state index contributed by atoms with van der Waals surface area (Å²) in [7, 11) is 0. The number of piperazine rings is 1. The first-order valence-electron chi connectivity index (χ1n) is 6.18. The van der Waals surface area contributed by atoms with Crippen LogP contribution in [-0.2, 0) is 0 Å². The van der Waals surface area contributed by atoms with Gasteiger partial charge in [-0.05, 0) is 18.1 Å². The second kappa shape index (κ2) is 6.45. The van der Waals surface area contributed by atoms with Crippen LogP contribution in [0.1, 0.15) is 18.0 Å². The molecule has 1 heterocycles. The van der Waals surface area contributed by atoms with Crippen molar-refractivity contribution >= 4 is 11.6 Å². The largest absolute Gasteiger partial charge is 0.314 e. The molecule has 0 aliphatic carbocycles. The number of hydrogen-bond donors (Lipinski definition) is 1. The maximum Gasteiger partial charge on any atom is 0.142 e. The minimum atomic E-state index is -0.437. The van der Waals surface area contributed by atoms with E-state index in [-0.39, 0.29) is 11.1 Å². The predicted molar refractivity (Wildman–Crippen MR) is 69.2 cm³/mol. The number of hydrogen-bond acceptors (Lipinski definition) is 2. The maximum atomic E-state index is 13.5. The molecule has 1 aliphatic heterocycles. The van der Waals surface area contributed by atoms with Crippen LogP contribution < -0.4 is 5.32 Å². The fourth-order valence-corrected chi connectivity index (χ4v) is 2.66. The zero-order valence-corrected chi connectivity index (χ0v) is 10.9. The number of alkyl halides is 1. The van der Waals surface area contributed by atoms with E-state index in [1.165, 1.54) is 6.07 Å². The number of nitrogens with one attached hydrogen (secondary N) is 1. The molecule has 1 aromatic carbocycles. The first kappa shape index (κ1) is 13.7. The van der Waals surface area contributed by atoms with Crippen LogP contribution in [0.5, 0.6) is 0 Å². The number of nitrogens with zero attached hydrogens (tertiary/aromatic N) is 1. The molecule has 0 unspecified atom stereocenters. The van der Waals surface area contributed by atoms with Crippen molar-refractivity contribution in [2.45, 2.75) is 12.5 Å². The SMILES string of the molecule is FCC[C@@H](c1cccc(F)c1Cl)N1CCNCC1. The standard InChI is InChI=1S/C13H17ClF2N2/c14-13-10(2-1-3-11(13)16)12(4-5-15)18-8-6-17-7-9-18/h1-3,12,17H,4-9H2/t12-/m0/s1. The van der Waals surface area contributed by atoms with Gasteiger partial charge in [0.1, 0.15) is 5.82 Å². The Hall–Kier alpha value is -0.710. The summed E-state index contributed by atoms with van der Waals surface area (Å²) in [6.07, 6.45) is 0.350. The van der Waals surface area contributed by atoms with Gasteiger partial charge in [0, 0.05) is 32.2 Å². The molecule has 1 aliphatic rings. The third-order valence-corrected chi connectivity index (χ3v) is 3.71. The van der Waals surface area contributed by atoms with Crippen LogP contribution in [-0.4, -0.2) is 37.8 Å². The summed E-state index contributed by atoms with van der Waals surface area (Å²) in [5.74, 6) is -0.437. The zero-order valence-electron chi connectivity index (χ0n) is 10.1. The second-order valence-electron chi connectivity index (χ2n) is 4.42. The van der Waals surface area contributed by atoms with Gasteiger partial charge in [0.2, 0.25) is 0 Å². The predicted octanol–water partition coefficient (Wildman–Crippen LogP) is 2.79. The van der Waals surface area contributed by atoms with Gasteiger partial charge >= 0.3 is 0 Å². The summed E-state index contributed by atoms with van der Waals surface area (Å²) in [6.45, 7) is 2.97. The van der Waals surface area contributed by atoms with Crippen LogP contribution >= 0.6 is 11.6 Å². The van der Waals surface area contributed by atoms with E-state index in [0.29, 0.717) is 12.0 Å². The van der Waals surface area contributed by atoms with Gasteiger partial charge in [-0.15, -0.1) is 0 Å². The summed E-state index contributed by atoms with van der Waals surface area (Å²) in [6, 6.07) is 4.61. The third-order valence-electron chi connectivity index (χ3n) is 3.32. The Morgan fingerprint density at radius 3 is 2.72 bits per heavy atom. The molecule has 1 aromatic rings. The molecule has 2 rings (SSSR count). The highest BCUT2D eigenvalue weighted by Gasteiger charge is 2.24. The molecule has 0 saturated carbocycles. The highest BCUT2D eigenvalue weighted by Crippen LogP contribution is 2.32. The molecule has 0 bridgehead atoms. The van der Waals surface area contributed by atoms with Crippen LogP contribution in [0.15, 0.2) is 18.2 Å². The molecule has 0 radical (unpaired) electrons. The number of rotatable bonds is 4. The van der Waals surface area contributed by atoms with Gasteiger partial charge < -0.3 is 5.32 Å². The van der Waals surface area contributed by atoms with Crippen molar-refractivity contribution in [3.05, 3.63) is 34.6 Å². The Morgan fingerprint density at radius 1 is 1.33 bits per heavy atom. The van der Waals surface area contributed by atoms with Crippen molar-refractivity contribution < 1.29 is 8.78 Å². The zero-order chi connectivity index (χ0) is 13.0. The van der Waals surface area contributed by atoms with Gasteiger partial charge in [0.05, 0.1) is 11.7 Å². The first-order chi connectivity index (χ1) is 8.74. The second-order valence-corrected chi connectivity index (χ2v) is 4.80. The fourth-order valence-electron chi connectivity index (χ4n) is 2.41. The van der Waals surface area contributed by atoms with E-state index in [1.807, 2.05) is 0 Å². The summed E-state index contributed by atoms with van der Waals surface area (Å²) in [4.78, 5) is 2.16. The average molecular weight is 275 g/mol. The molecule has 1 saturated heterocycles. The molecule has 100 valence electrons. The van der Waals surface area contributed by atoms with E-state index in [9.17, 15) is 8.78 Å². The van der Waals surface area contributed by atoms with Crippen molar-refractivity contribution in [2.75, 3.05) is 32.9 Å². The molecule has 1 N–H and O–H groups in total. The first-order valence-corrected chi connectivity index (χ1v) is 6.56. The minimum Gasteiger partial charge on any atom is -0.314 e. The van der Waals surface area contributed by atoms with Crippen molar-refractivity contribution in [1.29, 1.82) is 0 Å². The molecule has 2 nitrogen and oxygen atoms in total. The monoisotopic (exact) mass is 274 g/mol. The van der Waals surface area contributed by atoms with Gasteiger partial charge in [0.25, 0.3) is 0 Å². The molecular weight excluding hydrogens is 258 g/mol. The lowest BCUT2D eigenvalue weighted by atomic mass is 10.0. The summed E-state index contributed by atoms with van der Waals surface area (Å²) in [5.41, 5.74) is 0.691. The lowest BCUT2D eigenvalue weighted by Gasteiger charge is -2.35. The number of halogens is 3. The molecule has 5 heteroatoms. The van der Waals surface area contributed by atoms with Gasteiger partial charge in [-0.2, -0.15) is 0 Å². The molecule has 18 heavy (non-hydrogen) atoms. The topological polar surface area (TPSA) is 15.3 Å². The van der Waals surface area contributed by atoms with Crippen LogP contribution in [0.25, 0.3) is 0 Å². The van der Waals surface area contributed by atoms with Crippen molar-refractivity contribution in [1.82, 2.24) is 10.2 Å². The smallest absolute Gasteiger partial charge is 0.142 e. The van der Waals surface area contributed by atoms with Gasteiger partial charge in [0.15, 0.2) is 0 Å². The van der Waals surface area contributed by atoms with Crippen molar-refractivity contribution in [3.63, 3.8) is 0 Å². The van der Waals surface area contributed by atoms with E-state index in [0.717, 1.165) is 26.2 Å².